The number of nitrogens with two attached hydrogens (primary N) is 3. The van der Waals surface area contributed by atoms with E-state index in [0.29, 0.717) is 22.5 Å². The molecule has 19 nitrogen and oxygen atoms in total. The molecule has 2 aromatic rings. The number of hydrogen-bond acceptors (Lipinski definition) is 11. The molecule has 8 amide bonds. The number of carbonyl (C=O) groups is 8. The average Bonchev–Trinajstić information content (AvgIpc) is 3.68. The Morgan fingerprint density at radius 3 is 2.34 bits per heavy atom. The lowest BCUT2D eigenvalue weighted by atomic mass is 9.98. The molecule has 7 atom stereocenters. The number of aromatic amines is 1. The number of H-pyrrole nitrogens is 1. The van der Waals surface area contributed by atoms with Crippen LogP contribution in [-0.4, -0.2) is 124 Å². The van der Waals surface area contributed by atoms with Crippen LogP contribution < -0.4 is 43.8 Å². The molecule has 0 aliphatic carbocycles. The number of rotatable bonds is 8. The van der Waals surface area contributed by atoms with Crippen molar-refractivity contribution < 1.29 is 43.5 Å². The molecule has 2 aliphatic heterocycles. The SMILES string of the molecule is CC[C@H](C)[C@@H]1NC(=O)CNC(=O)[C@H](N)Cc2c([nH]c3ccccc23)SC[C@@H](C(=O)NC(CC(N)=O)C(=O)N2C[C@H](O)C[C@H]2C(N)=O)NC(=O)CNC1=O. The number of nitrogens with zero attached hydrogens (tertiary/aromatic N) is 1. The van der Waals surface area contributed by atoms with Crippen molar-refractivity contribution in [3.63, 3.8) is 0 Å². The van der Waals surface area contributed by atoms with Gasteiger partial charge in [0, 0.05) is 29.6 Å². The third-order valence-corrected chi connectivity index (χ3v) is 10.3. The predicted molar refractivity (Wildman–Crippen MR) is 191 cm³/mol. The number of thioether (sulfide) groups is 1. The van der Waals surface area contributed by atoms with Crippen molar-refractivity contribution in [2.45, 2.75) is 80.9 Å². The first-order chi connectivity index (χ1) is 25.1. The molecule has 0 bridgehead atoms. The van der Waals surface area contributed by atoms with Gasteiger partial charge >= 0.3 is 0 Å². The molecule has 1 aromatic carbocycles. The summed E-state index contributed by atoms with van der Waals surface area (Å²) >= 11 is 1.09. The van der Waals surface area contributed by atoms with Crippen LogP contribution in [0.4, 0.5) is 0 Å². The highest BCUT2D eigenvalue weighted by molar-refractivity contribution is 7.99. The van der Waals surface area contributed by atoms with Gasteiger partial charge in [0.1, 0.15) is 24.2 Å². The normalized spacial score (nSPS) is 24.7. The molecule has 288 valence electrons. The number of β-amino-alcohol motifs (C(OH)–C–C–N with tert-alkyl or cyclic N) is 1. The van der Waals surface area contributed by atoms with Crippen molar-refractivity contribution in [2.75, 3.05) is 25.4 Å². The maximum atomic E-state index is 13.9. The molecular weight excluding hydrogens is 712 g/mol. The second-order valence-corrected chi connectivity index (χ2v) is 14.1. The third-order valence-electron chi connectivity index (χ3n) is 9.15. The highest BCUT2D eigenvalue weighted by Gasteiger charge is 2.41. The van der Waals surface area contributed by atoms with Crippen LogP contribution in [0.3, 0.4) is 0 Å². The molecule has 0 radical (unpaired) electrons. The summed E-state index contributed by atoms with van der Waals surface area (Å²) in [6.07, 6.45) is -1.40. The number of benzene rings is 1. The summed E-state index contributed by atoms with van der Waals surface area (Å²) in [5.41, 5.74) is 18.5. The summed E-state index contributed by atoms with van der Waals surface area (Å²) in [4.78, 5) is 108. The summed E-state index contributed by atoms with van der Waals surface area (Å²) in [5, 5.41) is 24.0. The van der Waals surface area contributed by atoms with Crippen LogP contribution in [0.25, 0.3) is 10.9 Å². The van der Waals surface area contributed by atoms with Gasteiger partial charge in [0.25, 0.3) is 0 Å². The quantitative estimate of drug-likeness (QED) is 0.124. The number of likely N-dealkylation sites (tertiary alicyclic amines) is 1. The Kier molecular flexibility index (Phi) is 13.8. The number of amides is 8. The van der Waals surface area contributed by atoms with Crippen LogP contribution in [0.1, 0.15) is 38.7 Å². The summed E-state index contributed by atoms with van der Waals surface area (Å²) in [7, 11) is 0. The van der Waals surface area contributed by atoms with Gasteiger partial charge in [-0.25, -0.2) is 0 Å². The molecule has 3 heterocycles. The molecule has 1 saturated heterocycles. The minimum atomic E-state index is -1.60. The lowest BCUT2D eigenvalue weighted by Gasteiger charge is -2.28. The van der Waals surface area contributed by atoms with E-state index >= 15 is 0 Å². The zero-order valence-electron chi connectivity index (χ0n) is 29.3. The Morgan fingerprint density at radius 2 is 1.68 bits per heavy atom. The fourth-order valence-electron chi connectivity index (χ4n) is 6.11. The molecule has 4 rings (SSSR count). The smallest absolute Gasteiger partial charge is 0.246 e. The Morgan fingerprint density at radius 1 is 1.02 bits per heavy atom. The largest absolute Gasteiger partial charge is 0.391 e. The highest BCUT2D eigenvalue weighted by Crippen LogP contribution is 2.31. The second kappa shape index (κ2) is 18.0. The van der Waals surface area contributed by atoms with E-state index in [4.69, 9.17) is 17.2 Å². The van der Waals surface area contributed by atoms with E-state index in [1.807, 2.05) is 6.07 Å². The standard InChI is InChI=1S/C33H46N10O9S/c1-3-15(2)27-31(51)38-11-25(46)39-22(30(50)40-21(10-24(35)45)33(52)43-13-16(44)8-23(43)28(36)48)14-53-32-18(17-6-4-5-7-20(17)41-32)9-19(34)29(49)37-12-26(47)42-27/h4-7,15-16,19,21-23,27,41,44H,3,8-14,34H2,1-2H3,(H2,35,45)(H2,36,48)(H,37,49)(H,38,51)(H,39,46)(H,40,50)(H,42,47)/t15-,16+,19+,21?,22-,23-,27-/m0/s1. The number of aromatic nitrogens is 1. The van der Waals surface area contributed by atoms with Crippen LogP contribution in [-0.2, 0) is 44.8 Å². The number of fused-ring (bicyclic) bond motifs is 3. The molecule has 2 aliphatic rings. The molecule has 0 saturated carbocycles. The summed E-state index contributed by atoms with van der Waals surface area (Å²) < 4.78 is 0. The number of primary amides is 2. The summed E-state index contributed by atoms with van der Waals surface area (Å²) in [5.74, 6) is -6.95. The second-order valence-electron chi connectivity index (χ2n) is 13.1. The van der Waals surface area contributed by atoms with Crippen molar-refractivity contribution in [1.82, 2.24) is 36.5 Å². The van der Waals surface area contributed by atoms with Gasteiger partial charge in [-0.15, -0.1) is 11.8 Å². The molecule has 0 spiro atoms. The van der Waals surface area contributed by atoms with E-state index in [1.165, 1.54) is 0 Å². The van der Waals surface area contributed by atoms with Gasteiger partial charge in [0.15, 0.2) is 0 Å². The number of carbonyl (C=O) groups excluding carboxylic acids is 8. The fourth-order valence-corrected chi connectivity index (χ4v) is 7.23. The highest BCUT2D eigenvalue weighted by atomic mass is 32.2. The number of aliphatic hydroxyl groups is 1. The van der Waals surface area contributed by atoms with Crippen LogP contribution in [0.5, 0.6) is 0 Å². The minimum Gasteiger partial charge on any atom is -0.391 e. The van der Waals surface area contributed by atoms with Gasteiger partial charge in [-0.2, -0.15) is 0 Å². The van der Waals surface area contributed by atoms with Crippen molar-refractivity contribution in [3.8, 4) is 0 Å². The maximum absolute atomic E-state index is 13.9. The molecule has 1 unspecified atom stereocenters. The lowest BCUT2D eigenvalue weighted by molar-refractivity contribution is -0.142. The number of para-hydroxylation sites is 1. The van der Waals surface area contributed by atoms with Crippen molar-refractivity contribution in [1.29, 1.82) is 0 Å². The van der Waals surface area contributed by atoms with E-state index in [-0.39, 0.29) is 31.1 Å². The van der Waals surface area contributed by atoms with Crippen molar-refractivity contribution >= 4 is 69.9 Å². The fraction of sp³-hybridized carbons (Fsp3) is 0.515. The van der Waals surface area contributed by atoms with Gasteiger partial charge in [-0.05, 0) is 24.0 Å². The van der Waals surface area contributed by atoms with Crippen molar-refractivity contribution in [2.24, 2.45) is 23.1 Å². The average molecular weight is 759 g/mol. The number of aliphatic hydroxyl groups excluding tert-OH is 1. The Hall–Kier alpha value is -5.21. The van der Waals surface area contributed by atoms with E-state index < -0.39 is 103 Å². The first kappa shape index (κ1) is 40.6. The summed E-state index contributed by atoms with van der Waals surface area (Å²) in [6, 6.07) is 0.823. The van der Waals surface area contributed by atoms with E-state index in [9.17, 15) is 43.5 Å². The molecule has 1 fully saturated rings. The third kappa shape index (κ3) is 10.4. The monoisotopic (exact) mass is 758 g/mol. The Bertz CT molecular complexity index is 1750. The Balaban J connectivity index is 1.67. The van der Waals surface area contributed by atoms with E-state index in [1.54, 1.807) is 32.0 Å². The lowest BCUT2D eigenvalue weighted by Crippen LogP contribution is -2.58. The van der Waals surface area contributed by atoms with E-state index in [0.717, 1.165) is 22.0 Å². The zero-order valence-corrected chi connectivity index (χ0v) is 30.1. The van der Waals surface area contributed by atoms with Gasteiger partial charge in [0.2, 0.25) is 47.3 Å². The van der Waals surface area contributed by atoms with Gasteiger partial charge in [0.05, 0.1) is 36.7 Å². The van der Waals surface area contributed by atoms with Crippen LogP contribution in [0.2, 0.25) is 0 Å². The molecule has 53 heavy (non-hydrogen) atoms. The molecule has 13 N–H and O–H groups in total. The number of nitrogens with one attached hydrogen (secondary N) is 6. The topological polar surface area (TPSA) is 314 Å². The predicted octanol–water partition coefficient (Wildman–Crippen LogP) is -3.80. The van der Waals surface area contributed by atoms with Crippen LogP contribution >= 0.6 is 11.8 Å². The van der Waals surface area contributed by atoms with Crippen LogP contribution in [0, 0.1) is 5.92 Å². The van der Waals surface area contributed by atoms with Crippen molar-refractivity contribution in [3.05, 3.63) is 29.8 Å². The molecular formula is C33H46N10O9S. The summed E-state index contributed by atoms with van der Waals surface area (Å²) in [6.45, 7) is 2.20. The van der Waals surface area contributed by atoms with Gasteiger partial charge < -0.3 is 58.8 Å². The first-order valence-electron chi connectivity index (χ1n) is 17.1. The molecule has 20 heteroatoms. The maximum Gasteiger partial charge on any atom is 0.246 e. The van der Waals surface area contributed by atoms with Crippen LogP contribution in [0.15, 0.2) is 29.3 Å². The van der Waals surface area contributed by atoms with E-state index in [2.05, 4.69) is 31.6 Å². The van der Waals surface area contributed by atoms with Gasteiger partial charge in [-0.3, -0.25) is 38.4 Å². The minimum absolute atomic E-state index is 0.0127. The first-order valence-corrected chi connectivity index (χ1v) is 18.1. The zero-order chi connectivity index (χ0) is 39.0. The Labute approximate surface area is 308 Å². The molecule has 1 aromatic heterocycles. The van der Waals surface area contributed by atoms with Gasteiger partial charge in [-0.1, -0.05) is 38.5 Å². The number of hydrogen-bond donors (Lipinski definition) is 10.